The van der Waals surface area contributed by atoms with E-state index in [1.54, 1.807) is 12.3 Å². The molecule has 1 amide bonds. The second-order valence-corrected chi connectivity index (χ2v) is 12.6. The fourth-order valence-corrected chi connectivity index (χ4v) is 7.12. The summed E-state index contributed by atoms with van der Waals surface area (Å²) in [4.78, 5) is 39.6. The average molecular weight is 710 g/mol. The zero-order chi connectivity index (χ0) is 33.3. The van der Waals surface area contributed by atoms with E-state index in [-0.39, 0.29) is 36.2 Å². The van der Waals surface area contributed by atoms with E-state index < -0.39 is 16.6 Å². The first-order valence-electron chi connectivity index (χ1n) is 14.9. The van der Waals surface area contributed by atoms with Crippen molar-refractivity contribution in [3.8, 4) is 0 Å². The number of methoxy groups -OCH3 is 1. The number of amides is 1. The Bertz CT molecular complexity index is 1860. The van der Waals surface area contributed by atoms with Crippen LogP contribution in [0.5, 0.6) is 0 Å². The third-order valence-electron chi connectivity index (χ3n) is 8.78. The second kappa shape index (κ2) is 13.3. The Morgan fingerprint density at radius 1 is 1.28 bits per heavy atom. The lowest BCUT2D eigenvalue weighted by Crippen LogP contribution is -2.59. The number of carbonyl (C=O) groups excluding carboxylic acids is 2. The fourth-order valence-electron chi connectivity index (χ4n) is 6.75. The number of likely N-dealkylation sites (N-methyl/N-ethyl adjacent to an activating group) is 1. The van der Waals surface area contributed by atoms with Crippen molar-refractivity contribution in [2.45, 2.75) is 24.5 Å². The van der Waals surface area contributed by atoms with Gasteiger partial charge in [-0.1, -0.05) is 12.1 Å². The summed E-state index contributed by atoms with van der Waals surface area (Å²) in [6.45, 7) is 1.86. The van der Waals surface area contributed by atoms with Crippen LogP contribution in [0.2, 0.25) is 0 Å². The zero-order valence-corrected chi connectivity index (χ0v) is 27.6. The predicted octanol–water partition coefficient (Wildman–Crippen LogP) is 4.88. The molecule has 2 aliphatic heterocycles. The third kappa shape index (κ3) is 6.38. The molecule has 0 radical (unpaired) electrons. The van der Waals surface area contributed by atoms with Gasteiger partial charge in [-0.15, -0.1) is 0 Å². The number of carbonyl (C=O) groups is 2. The number of benzene rings is 1. The van der Waals surface area contributed by atoms with Crippen LogP contribution in [0.3, 0.4) is 0 Å². The van der Waals surface area contributed by atoms with Gasteiger partial charge < -0.3 is 23.2 Å². The maximum Gasteiger partial charge on any atom is 0.433 e. The lowest BCUT2D eigenvalue weighted by atomic mass is 9.69. The molecule has 2 saturated heterocycles. The fraction of sp³-hybridized carbons (Fsp3) is 0.375. The van der Waals surface area contributed by atoms with Crippen LogP contribution in [0.15, 0.2) is 69.0 Å². The molecule has 0 bridgehead atoms. The molecule has 5 heterocycles. The lowest BCUT2D eigenvalue weighted by molar-refractivity contribution is -0.402. The maximum atomic E-state index is 12.5. The molecule has 14 nitrogen and oxygen atoms in total. The number of ether oxygens (including phenoxy) is 3. The number of hydrazone groups is 1. The highest BCUT2D eigenvalue weighted by Gasteiger charge is 2.52. The van der Waals surface area contributed by atoms with Gasteiger partial charge in [0.05, 0.1) is 31.0 Å². The molecule has 3 aromatic heterocycles. The highest BCUT2D eigenvalue weighted by molar-refractivity contribution is 9.10. The van der Waals surface area contributed by atoms with Crippen LogP contribution in [0.1, 0.15) is 33.7 Å². The van der Waals surface area contributed by atoms with Gasteiger partial charge in [0, 0.05) is 66.6 Å². The first-order valence-corrected chi connectivity index (χ1v) is 15.7. The predicted molar refractivity (Wildman–Crippen MR) is 173 cm³/mol. The molecule has 3 aliphatic rings. The van der Waals surface area contributed by atoms with Crippen LogP contribution < -0.4 is 0 Å². The van der Waals surface area contributed by atoms with Gasteiger partial charge in [-0.3, -0.25) is 20.0 Å². The molecule has 4 aromatic rings. The molecule has 15 heteroatoms. The summed E-state index contributed by atoms with van der Waals surface area (Å²) in [6.07, 6.45) is 7.88. The van der Waals surface area contributed by atoms with E-state index >= 15 is 0 Å². The number of pyridine rings is 1. The first-order chi connectivity index (χ1) is 22.6. The van der Waals surface area contributed by atoms with Crippen molar-refractivity contribution in [3.05, 3.63) is 92.0 Å². The highest BCUT2D eigenvalue weighted by atomic mass is 79.9. The molecule has 7 rings (SSSR count). The number of aryl methyl sites for hydroxylation is 1. The molecule has 2 fully saturated rings. The lowest BCUT2D eigenvalue weighted by Gasteiger charge is -2.53. The molecule has 3 unspecified atom stereocenters. The SMILES string of the molecule is COC12CC(COC(=O)c3cncc(Br)c3)CN(C)C1Cc1cn(C)c3cccc2c13.O=C1OCCN1N=Cc1ccc([N+](=O)[O-])o1. The number of nitrogens with zero attached hydrogens (tertiary/aromatic N) is 6. The number of nitro groups is 1. The van der Waals surface area contributed by atoms with Crippen molar-refractivity contribution in [1.29, 1.82) is 0 Å². The summed E-state index contributed by atoms with van der Waals surface area (Å²) in [6, 6.07) is 11.1. The number of cyclic esters (lactones) is 1. The van der Waals surface area contributed by atoms with Gasteiger partial charge in [-0.2, -0.15) is 10.1 Å². The largest absolute Gasteiger partial charge is 0.462 e. The Hall–Kier alpha value is -4.60. The van der Waals surface area contributed by atoms with Gasteiger partial charge in [0.2, 0.25) is 0 Å². The van der Waals surface area contributed by atoms with Gasteiger partial charge >= 0.3 is 17.9 Å². The number of hydrogen-bond acceptors (Lipinski definition) is 11. The van der Waals surface area contributed by atoms with E-state index in [0.717, 1.165) is 28.9 Å². The highest BCUT2D eigenvalue weighted by Crippen LogP contribution is 2.49. The van der Waals surface area contributed by atoms with Crippen molar-refractivity contribution < 1.29 is 33.1 Å². The summed E-state index contributed by atoms with van der Waals surface area (Å²) in [5.74, 6) is -0.344. The van der Waals surface area contributed by atoms with Crippen LogP contribution in [-0.4, -0.2) is 89.2 Å². The van der Waals surface area contributed by atoms with Crippen molar-refractivity contribution >= 4 is 51.0 Å². The van der Waals surface area contributed by atoms with E-state index in [1.165, 1.54) is 46.6 Å². The van der Waals surface area contributed by atoms with Gasteiger partial charge in [0.1, 0.15) is 17.1 Å². The standard InChI is InChI=1S/C24H26BrN3O3.C8H7N3O5/c1-27-13-17-8-21-24(30-3,19-5-4-6-20(27)22(17)19)9-15(12-28(21)2)14-31-23(29)16-7-18(25)11-26-10-16;12-8-10(3-4-15-8)9-5-6-1-2-7(16-6)11(13)14/h4-7,10-11,13,15,21H,8-9,12,14H2,1-3H3;1-2,5H,3-4H2. The molecule has 47 heavy (non-hydrogen) atoms. The Labute approximate surface area is 278 Å². The minimum Gasteiger partial charge on any atom is -0.462 e. The summed E-state index contributed by atoms with van der Waals surface area (Å²) in [5.41, 5.74) is 3.90. The minimum atomic E-state index is -0.651. The monoisotopic (exact) mass is 708 g/mol. The summed E-state index contributed by atoms with van der Waals surface area (Å²) < 4.78 is 24.5. The number of hydrogen-bond donors (Lipinski definition) is 0. The second-order valence-electron chi connectivity index (χ2n) is 11.7. The molecule has 0 saturated carbocycles. The van der Waals surface area contributed by atoms with Crippen LogP contribution >= 0.6 is 15.9 Å². The molecule has 0 N–H and O–H groups in total. The third-order valence-corrected chi connectivity index (χ3v) is 9.22. The molecule has 1 aromatic carbocycles. The number of fused-ring (bicyclic) bond motifs is 2. The minimum absolute atomic E-state index is 0.172. The van der Waals surface area contributed by atoms with E-state index in [2.05, 4.69) is 78.7 Å². The topological polar surface area (TPSA) is 155 Å². The maximum absolute atomic E-state index is 12.5. The van der Waals surface area contributed by atoms with Crippen LogP contribution in [0, 0.1) is 16.0 Å². The van der Waals surface area contributed by atoms with Crippen LogP contribution in [0.4, 0.5) is 10.7 Å². The average Bonchev–Trinajstić information content (AvgIpc) is 3.79. The summed E-state index contributed by atoms with van der Waals surface area (Å²) >= 11 is 3.35. The van der Waals surface area contributed by atoms with E-state index in [1.807, 2.05) is 7.11 Å². The molecular weight excluding hydrogens is 676 g/mol. The molecule has 0 spiro atoms. The normalized spacial score (nSPS) is 22.1. The van der Waals surface area contributed by atoms with E-state index in [9.17, 15) is 19.7 Å². The number of halogens is 1. The van der Waals surface area contributed by atoms with Crippen molar-refractivity contribution in [3.63, 3.8) is 0 Å². The van der Waals surface area contributed by atoms with E-state index in [0.29, 0.717) is 18.7 Å². The molecule has 246 valence electrons. The van der Waals surface area contributed by atoms with Gasteiger partial charge in [0.25, 0.3) is 0 Å². The summed E-state index contributed by atoms with van der Waals surface area (Å²) in [5, 5.41) is 16.5. The molecule has 3 atom stereocenters. The Morgan fingerprint density at radius 2 is 2.11 bits per heavy atom. The number of furan rings is 1. The van der Waals surface area contributed by atoms with Gasteiger partial charge in [-0.25, -0.2) is 9.59 Å². The van der Waals surface area contributed by atoms with Crippen LogP contribution in [-0.2, 0) is 33.3 Å². The quantitative estimate of drug-likeness (QED) is 0.112. The van der Waals surface area contributed by atoms with Gasteiger partial charge in [0.15, 0.2) is 5.76 Å². The zero-order valence-electron chi connectivity index (χ0n) is 26.0. The number of piperidine rings is 1. The smallest absolute Gasteiger partial charge is 0.433 e. The number of likely N-dealkylation sites (tertiary alicyclic amines) is 1. The van der Waals surface area contributed by atoms with Crippen molar-refractivity contribution in [1.82, 2.24) is 19.5 Å². The number of rotatable bonds is 7. The van der Waals surface area contributed by atoms with Crippen molar-refractivity contribution in [2.24, 2.45) is 18.1 Å². The number of aromatic nitrogens is 2. The van der Waals surface area contributed by atoms with E-state index in [4.69, 9.17) is 13.9 Å². The Kier molecular flexibility index (Phi) is 9.12. The van der Waals surface area contributed by atoms with Gasteiger partial charge in [-0.05, 0) is 65.1 Å². The molecular formula is C32H33BrN6O8. The summed E-state index contributed by atoms with van der Waals surface area (Å²) in [7, 11) is 6.07. The Balaban J connectivity index is 0.000000203. The van der Waals surface area contributed by atoms with Crippen molar-refractivity contribution in [2.75, 3.05) is 40.5 Å². The van der Waals surface area contributed by atoms with Crippen LogP contribution in [0.25, 0.3) is 10.9 Å². The number of esters is 1. The first kappa shape index (κ1) is 32.3. The molecule has 1 aliphatic carbocycles. The Morgan fingerprint density at radius 3 is 2.81 bits per heavy atom.